The van der Waals surface area contributed by atoms with E-state index in [9.17, 15) is 9.90 Å². The van der Waals surface area contributed by atoms with E-state index in [0.29, 0.717) is 47.6 Å². The summed E-state index contributed by atoms with van der Waals surface area (Å²) in [4.78, 5) is 13.8. The van der Waals surface area contributed by atoms with Gasteiger partial charge in [-0.1, -0.05) is 29.3 Å². The van der Waals surface area contributed by atoms with Crippen LogP contribution >= 0.6 is 35.6 Å². The highest BCUT2D eigenvalue weighted by Gasteiger charge is 2.36. The number of ether oxygens (including phenoxy) is 1. The molecular formula is C24H27Cl3FNO3. The van der Waals surface area contributed by atoms with Crippen LogP contribution in [-0.2, 0) is 17.7 Å². The Morgan fingerprint density at radius 1 is 1.19 bits per heavy atom. The Kier molecular flexibility index (Phi) is 7.78. The minimum atomic E-state index is -1.22. The summed E-state index contributed by atoms with van der Waals surface area (Å²) < 4.78 is 21.2. The summed E-state index contributed by atoms with van der Waals surface area (Å²) >= 11 is 12.3. The van der Waals surface area contributed by atoms with E-state index in [0.717, 1.165) is 24.0 Å². The van der Waals surface area contributed by atoms with Crippen molar-refractivity contribution in [3.8, 4) is 0 Å². The fourth-order valence-electron chi connectivity index (χ4n) is 4.19. The number of aromatic carboxylic acids is 1. The SMILES string of the molecule is CC1(C)COC(Cc2cc(Cl)cc(Cl)c2)CN1Cc1cc(C2CC2)cc(C(=O)O)c1F.Cl. The highest BCUT2D eigenvalue weighted by Crippen LogP contribution is 2.41. The first-order valence-electron chi connectivity index (χ1n) is 10.5. The van der Waals surface area contributed by atoms with E-state index in [1.54, 1.807) is 6.07 Å². The van der Waals surface area contributed by atoms with Crippen LogP contribution in [0.2, 0.25) is 10.0 Å². The highest BCUT2D eigenvalue weighted by atomic mass is 35.5. The van der Waals surface area contributed by atoms with Crippen LogP contribution in [0.1, 0.15) is 59.7 Å². The quantitative estimate of drug-likeness (QED) is 0.500. The first-order chi connectivity index (χ1) is 14.6. The standard InChI is InChI=1S/C24H26Cl2FNO3.ClH/c1-24(2)13-31-20(7-14-5-18(25)10-19(26)6-14)12-28(24)11-17-8-16(15-3-4-15)9-21(22(17)27)23(29)30;/h5-6,8-10,15,20H,3-4,7,11-13H2,1-2H3,(H,29,30);1H. The zero-order chi connectivity index (χ0) is 22.3. The molecule has 0 amide bonds. The second-order valence-electron chi connectivity index (χ2n) is 9.23. The Morgan fingerprint density at radius 2 is 1.84 bits per heavy atom. The molecule has 2 fully saturated rings. The molecule has 1 saturated carbocycles. The molecule has 2 aromatic rings. The van der Waals surface area contributed by atoms with Crippen molar-refractivity contribution in [3.63, 3.8) is 0 Å². The molecule has 1 N–H and O–H groups in total. The van der Waals surface area contributed by atoms with E-state index in [4.69, 9.17) is 27.9 Å². The number of nitrogens with zero attached hydrogens (tertiary/aromatic N) is 1. The van der Waals surface area contributed by atoms with E-state index in [1.165, 1.54) is 6.07 Å². The minimum absolute atomic E-state index is 0. The van der Waals surface area contributed by atoms with Gasteiger partial charge in [0.25, 0.3) is 0 Å². The maximum absolute atomic E-state index is 15.1. The van der Waals surface area contributed by atoms with Gasteiger partial charge in [0, 0.05) is 34.2 Å². The predicted molar refractivity (Wildman–Crippen MR) is 127 cm³/mol. The summed E-state index contributed by atoms with van der Waals surface area (Å²) in [5.74, 6) is -1.52. The molecular weight excluding hydrogens is 476 g/mol. The van der Waals surface area contributed by atoms with Crippen molar-refractivity contribution in [1.82, 2.24) is 4.90 Å². The van der Waals surface area contributed by atoms with Crippen molar-refractivity contribution in [1.29, 1.82) is 0 Å². The number of benzene rings is 2. The lowest BCUT2D eigenvalue weighted by atomic mass is 9.95. The third kappa shape index (κ3) is 5.75. The van der Waals surface area contributed by atoms with E-state index in [2.05, 4.69) is 18.7 Å². The first-order valence-corrected chi connectivity index (χ1v) is 11.3. The van der Waals surface area contributed by atoms with Crippen LogP contribution in [0.3, 0.4) is 0 Å². The normalized spacial score (nSPS) is 20.6. The number of carboxylic acid groups (broad SMARTS) is 1. The molecule has 1 aliphatic heterocycles. The smallest absolute Gasteiger partial charge is 0.338 e. The third-order valence-electron chi connectivity index (χ3n) is 6.15. The van der Waals surface area contributed by atoms with Crippen molar-refractivity contribution in [2.45, 2.75) is 57.2 Å². The molecule has 1 saturated heterocycles. The molecule has 1 heterocycles. The largest absolute Gasteiger partial charge is 0.478 e. The van der Waals surface area contributed by atoms with E-state index < -0.39 is 11.8 Å². The average molecular weight is 503 g/mol. The number of hydrogen-bond donors (Lipinski definition) is 1. The van der Waals surface area contributed by atoms with Crippen LogP contribution in [0.15, 0.2) is 30.3 Å². The van der Waals surface area contributed by atoms with Gasteiger partial charge in [-0.2, -0.15) is 0 Å². The monoisotopic (exact) mass is 501 g/mol. The van der Waals surface area contributed by atoms with Crippen LogP contribution in [0.4, 0.5) is 4.39 Å². The Morgan fingerprint density at radius 3 is 2.44 bits per heavy atom. The molecule has 8 heteroatoms. The molecule has 4 rings (SSSR count). The van der Waals surface area contributed by atoms with Crippen molar-refractivity contribution >= 4 is 41.6 Å². The first kappa shape index (κ1) is 25.3. The molecule has 2 aromatic carbocycles. The fraction of sp³-hybridized carbons (Fsp3) is 0.458. The van der Waals surface area contributed by atoms with Crippen molar-refractivity contribution in [2.75, 3.05) is 13.2 Å². The summed E-state index contributed by atoms with van der Waals surface area (Å²) in [5.41, 5.74) is 1.78. The summed E-state index contributed by atoms with van der Waals surface area (Å²) in [6.45, 7) is 5.52. The molecule has 4 nitrogen and oxygen atoms in total. The van der Waals surface area contributed by atoms with Crippen LogP contribution < -0.4 is 0 Å². The van der Waals surface area contributed by atoms with Crippen LogP contribution in [0, 0.1) is 5.82 Å². The van der Waals surface area contributed by atoms with Gasteiger partial charge in [0.15, 0.2) is 0 Å². The Bertz CT molecular complexity index is 990. The lowest BCUT2D eigenvalue weighted by Gasteiger charge is -2.45. The van der Waals surface area contributed by atoms with E-state index in [1.807, 2.05) is 18.2 Å². The van der Waals surface area contributed by atoms with Crippen LogP contribution in [0.5, 0.6) is 0 Å². The van der Waals surface area contributed by atoms with E-state index in [-0.39, 0.29) is 29.6 Å². The van der Waals surface area contributed by atoms with Gasteiger partial charge in [-0.25, -0.2) is 9.18 Å². The molecule has 0 aromatic heterocycles. The maximum atomic E-state index is 15.1. The Hall–Kier alpha value is -1.37. The lowest BCUT2D eigenvalue weighted by Crippen LogP contribution is -2.56. The minimum Gasteiger partial charge on any atom is -0.478 e. The zero-order valence-corrected chi connectivity index (χ0v) is 20.4. The lowest BCUT2D eigenvalue weighted by molar-refractivity contribution is -0.102. The van der Waals surface area contributed by atoms with Gasteiger partial charge in [-0.05, 0) is 74.4 Å². The maximum Gasteiger partial charge on any atom is 0.338 e. The van der Waals surface area contributed by atoms with Crippen molar-refractivity contribution < 1.29 is 19.0 Å². The summed E-state index contributed by atoms with van der Waals surface area (Å²) in [6, 6.07) is 8.78. The van der Waals surface area contributed by atoms with Gasteiger partial charge in [-0.3, -0.25) is 4.90 Å². The summed E-state index contributed by atoms with van der Waals surface area (Å²) in [6.07, 6.45) is 2.59. The fourth-order valence-corrected chi connectivity index (χ4v) is 4.76. The molecule has 0 radical (unpaired) electrons. The Labute approximate surface area is 204 Å². The topological polar surface area (TPSA) is 49.8 Å². The van der Waals surface area contributed by atoms with Crippen LogP contribution in [-0.4, -0.2) is 40.8 Å². The number of carboxylic acids is 1. The molecule has 32 heavy (non-hydrogen) atoms. The molecule has 2 aliphatic rings. The van der Waals surface area contributed by atoms with Crippen LogP contribution in [0.25, 0.3) is 0 Å². The van der Waals surface area contributed by atoms with E-state index >= 15 is 4.39 Å². The van der Waals surface area contributed by atoms with Gasteiger partial charge in [0.1, 0.15) is 5.82 Å². The number of carbonyl (C=O) groups is 1. The number of morpholine rings is 1. The van der Waals surface area contributed by atoms with Gasteiger partial charge in [0.2, 0.25) is 0 Å². The highest BCUT2D eigenvalue weighted by molar-refractivity contribution is 6.34. The predicted octanol–water partition coefficient (Wildman–Crippen LogP) is 6.35. The van der Waals surface area contributed by atoms with Crippen molar-refractivity contribution in [3.05, 3.63) is 68.4 Å². The second-order valence-corrected chi connectivity index (χ2v) is 10.1. The van der Waals surface area contributed by atoms with Gasteiger partial charge >= 0.3 is 5.97 Å². The summed E-state index contributed by atoms with van der Waals surface area (Å²) in [5, 5.41) is 10.6. The van der Waals surface area contributed by atoms with Gasteiger partial charge in [-0.15, -0.1) is 12.4 Å². The molecule has 1 aliphatic carbocycles. The number of halogens is 4. The van der Waals surface area contributed by atoms with Gasteiger partial charge < -0.3 is 9.84 Å². The Balaban J connectivity index is 0.00000289. The zero-order valence-electron chi connectivity index (χ0n) is 18.0. The third-order valence-corrected chi connectivity index (χ3v) is 6.59. The molecule has 174 valence electrons. The average Bonchev–Trinajstić information content (AvgIpc) is 3.50. The molecule has 0 spiro atoms. The second kappa shape index (κ2) is 9.86. The number of rotatable bonds is 6. The van der Waals surface area contributed by atoms with Gasteiger partial charge in [0.05, 0.1) is 18.3 Å². The van der Waals surface area contributed by atoms with Crippen molar-refractivity contribution in [2.24, 2.45) is 0 Å². The molecule has 1 unspecified atom stereocenters. The summed E-state index contributed by atoms with van der Waals surface area (Å²) in [7, 11) is 0. The molecule has 1 atom stereocenters. The molecule has 0 bridgehead atoms. The number of hydrogen-bond acceptors (Lipinski definition) is 3.